The third-order valence-corrected chi connectivity index (χ3v) is 2.31. The molecule has 3 nitrogen and oxygen atoms in total. The number of aliphatic hydroxyl groups is 1. The number of alkyl halides is 2. The van der Waals surface area contributed by atoms with Gasteiger partial charge >= 0.3 is 11.9 Å². The summed E-state index contributed by atoms with van der Waals surface area (Å²) < 4.78 is 30.7. The minimum absolute atomic E-state index is 0.0642. The van der Waals surface area contributed by atoms with Gasteiger partial charge in [-0.25, -0.2) is 4.79 Å². The van der Waals surface area contributed by atoms with E-state index in [4.69, 9.17) is 5.11 Å². The summed E-state index contributed by atoms with van der Waals surface area (Å²) >= 11 is 1.71. The second-order valence-corrected chi connectivity index (χ2v) is 4.15. The summed E-state index contributed by atoms with van der Waals surface area (Å²) in [6, 6.07) is 0. The van der Waals surface area contributed by atoms with Gasteiger partial charge in [0.25, 0.3) is 0 Å². The van der Waals surface area contributed by atoms with Crippen LogP contribution in [0.1, 0.15) is 19.8 Å². The molecule has 0 aromatic rings. The molecule has 0 saturated carbocycles. The fourth-order valence-electron chi connectivity index (χ4n) is 0.803. The number of halogens is 3. The van der Waals surface area contributed by atoms with Crippen molar-refractivity contribution in [3.63, 3.8) is 0 Å². The quantitative estimate of drug-likeness (QED) is 0.599. The van der Waals surface area contributed by atoms with Crippen molar-refractivity contribution in [1.82, 2.24) is 0 Å². The average Bonchev–Trinajstić information content (AvgIpc) is 2.14. The van der Waals surface area contributed by atoms with E-state index in [1.165, 1.54) is 6.92 Å². The van der Waals surface area contributed by atoms with Gasteiger partial charge in [0, 0.05) is 12.7 Å². The zero-order valence-corrected chi connectivity index (χ0v) is 10.5. The predicted molar refractivity (Wildman–Crippen MR) is 60.0 cm³/mol. The van der Waals surface area contributed by atoms with Gasteiger partial charge in [0.1, 0.15) is 0 Å². The Hall–Kier alpha value is -0.240. The van der Waals surface area contributed by atoms with Crippen LogP contribution in [0.25, 0.3) is 0 Å². The topological polar surface area (TPSA) is 46.5 Å². The van der Waals surface area contributed by atoms with Crippen LogP contribution in [-0.4, -0.2) is 30.2 Å². The Kier molecular flexibility index (Phi) is 6.99. The third-order valence-electron chi connectivity index (χ3n) is 1.46. The highest BCUT2D eigenvalue weighted by molar-refractivity contribution is 14.1. The number of hydrogen-bond donors (Lipinski definition) is 1. The summed E-state index contributed by atoms with van der Waals surface area (Å²) in [5, 5.41) is 8.50. The molecule has 0 unspecified atom stereocenters. The molecule has 0 bridgehead atoms. The number of aliphatic hydroxyl groups excluding tert-OH is 1. The summed E-state index contributed by atoms with van der Waals surface area (Å²) in [4.78, 5) is 10.8. The number of ether oxygens (including phenoxy) is 1. The fraction of sp³-hybridized carbons (Fsp3) is 0.667. The number of rotatable bonds is 6. The smallest absolute Gasteiger partial charge is 0.381 e. The van der Waals surface area contributed by atoms with E-state index in [9.17, 15) is 13.6 Å². The summed E-state index contributed by atoms with van der Waals surface area (Å²) in [5.41, 5.74) is 0. The molecule has 0 amide bonds. The molecule has 15 heavy (non-hydrogen) atoms. The Morgan fingerprint density at radius 2 is 2.20 bits per heavy atom. The first-order valence-electron chi connectivity index (χ1n) is 4.47. The highest BCUT2D eigenvalue weighted by Crippen LogP contribution is 2.24. The zero-order chi connectivity index (χ0) is 11.9. The molecule has 0 rings (SSSR count). The van der Waals surface area contributed by atoms with Gasteiger partial charge in [-0.1, -0.05) is 0 Å². The van der Waals surface area contributed by atoms with E-state index in [2.05, 4.69) is 4.74 Å². The lowest BCUT2D eigenvalue weighted by Crippen LogP contribution is -2.28. The molecule has 0 heterocycles. The van der Waals surface area contributed by atoms with Crippen LogP contribution in [0.3, 0.4) is 0 Å². The molecule has 0 aromatic heterocycles. The highest BCUT2D eigenvalue weighted by atomic mass is 127. The standard InChI is InChI=1S/C9H13F2IO3/c1-2-15-8(14)9(10,11)6-7(12)4-3-5-13/h6,13H,2-5H2,1H3. The van der Waals surface area contributed by atoms with Crippen LogP contribution in [0, 0.1) is 0 Å². The molecule has 0 radical (unpaired) electrons. The third kappa shape index (κ3) is 6.03. The molecule has 0 aliphatic carbocycles. The van der Waals surface area contributed by atoms with Crippen LogP contribution in [0.5, 0.6) is 0 Å². The average molecular weight is 334 g/mol. The van der Waals surface area contributed by atoms with E-state index in [-0.39, 0.29) is 13.2 Å². The first-order valence-corrected chi connectivity index (χ1v) is 5.55. The first kappa shape index (κ1) is 14.8. The van der Waals surface area contributed by atoms with E-state index < -0.39 is 11.9 Å². The van der Waals surface area contributed by atoms with E-state index >= 15 is 0 Å². The maximum Gasteiger partial charge on any atom is 0.381 e. The van der Waals surface area contributed by atoms with Crippen LogP contribution in [0.4, 0.5) is 8.78 Å². The maximum absolute atomic E-state index is 13.1. The summed E-state index contributed by atoms with van der Waals surface area (Å²) in [6.07, 6.45) is 1.29. The summed E-state index contributed by atoms with van der Waals surface area (Å²) in [6.45, 7) is 1.33. The van der Waals surface area contributed by atoms with Crippen LogP contribution >= 0.6 is 22.6 Å². The lowest BCUT2D eigenvalue weighted by Gasteiger charge is -2.11. The molecule has 0 aliphatic heterocycles. The van der Waals surface area contributed by atoms with Crippen molar-refractivity contribution in [2.75, 3.05) is 13.2 Å². The number of carbonyl (C=O) groups is 1. The molecule has 1 N–H and O–H groups in total. The normalized spacial score (nSPS) is 12.7. The lowest BCUT2D eigenvalue weighted by molar-refractivity contribution is -0.164. The molecule has 0 fully saturated rings. The van der Waals surface area contributed by atoms with Gasteiger partial charge in [-0.2, -0.15) is 8.78 Å². The molecular weight excluding hydrogens is 321 g/mol. The largest absolute Gasteiger partial charge is 0.461 e. The monoisotopic (exact) mass is 334 g/mol. The first-order chi connectivity index (χ1) is 6.94. The molecule has 0 spiro atoms. The van der Waals surface area contributed by atoms with E-state index in [1.54, 1.807) is 22.6 Å². The van der Waals surface area contributed by atoms with Crippen LogP contribution in [-0.2, 0) is 9.53 Å². The Morgan fingerprint density at radius 1 is 1.60 bits per heavy atom. The van der Waals surface area contributed by atoms with Gasteiger partial charge in [-0.15, -0.1) is 0 Å². The predicted octanol–water partition coefficient (Wildman–Crippen LogP) is 2.28. The Balaban J connectivity index is 4.38. The molecule has 0 aromatic carbocycles. The second kappa shape index (κ2) is 7.10. The number of carbonyl (C=O) groups excluding carboxylic acids is 1. The summed E-state index contributed by atoms with van der Waals surface area (Å²) in [7, 11) is 0. The molecule has 6 heteroatoms. The van der Waals surface area contributed by atoms with Gasteiger partial charge in [-0.3, -0.25) is 0 Å². The Morgan fingerprint density at radius 3 is 2.67 bits per heavy atom. The lowest BCUT2D eigenvalue weighted by atomic mass is 10.2. The molecule has 0 aliphatic rings. The second-order valence-electron chi connectivity index (χ2n) is 2.76. The molecular formula is C9H13F2IO3. The molecule has 88 valence electrons. The molecule has 0 atom stereocenters. The zero-order valence-electron chi connectivity index (χ0n) is 8.30. The van der Waals surface area contributed by atoms with E-state index in [0.29, 0.717) is 22.5 Å². The van der Waals surface area contributed by atoms with Crippen molar-refractivity contribution in [3.05, 3.63) is 9.66 Å². The highest BCUT2D eigenvalue weighted by Gasteiger charge is 2.38. The van der Waals surface area contributed by atoms with Crippen LogP contribution in [0.15, 0.2) is 9.66 Å². The maximum atomic E-state index is 13.1. The van der Waals surface area contributed by atoms with Gasteiger partial charge in [0.15, 0.2) is 0 Å². The van der Waals surface area contributed by atoms with Crippen molar-refractivity contribution in [2.45, 2.75) is 25.7 Å². The van der Waals surface area contributed by atoms with E-state index in [1.807, 2.05) is 0 Å². The van der Waals surface area contributed by atoms with Crippen LogP contribution < -0.4 is 0 Å². The minimum Gasteiger partial charge on any atom is -0.461 e. The summed E-state index contributed by atoms with van der Waals surface area (Å²) in [5.74, 6) is -5.12. The minimum atomic E-state index is -3.58. The van der Waals surface area contributed by atoms with Crippen molar-refractivity contribution < 1.29 is 23.4 Å². The number of esters is 1. The number of allylic oxidation sites excluding steroid dienone is 1. The SMILES string of the molecule is CCOC(=O)C(F)(F)C=C(I)CCCO. The number of hydrogen-bond acceptors (Lipinski definition) is 3. The van der Waals surface area contributed by atoms with Gasteiger partial charge in [0.05, 0.1) is 6.61 Å². The van der Waals surface area contributed by atoms with Crippen molar-refractivity contribution in [1.29, 1.82) is 0 Å². The van der Waals surface area contributed by atoms with Gasteiger partial charge in [-0.05, 0) is 45.9 Å². The Bertz CT molecular complexity index is 242. The molecule has 0 saturated heterocycles. The van der Waals surface area contributed by atoms with Crippen molar-refractivity contribution in [3.8, 4) is 0 Å². The van der Waals surface area contributed by atoms with Gasteiger partial charge < -0.3 is 9.84 Å². The van der Waals surface area contributed by atoms with E-state index in [0.717, 1.165) is 0 Å². The Labute approximate surface area is 101 Å². The van der Waals surface area contributed by atoms with Crippen LogP contribution in [0.2, 0.25) is 0 Å². The van der Waals surface area contributed by atoms with Crippen molar-refractivity contribution in [2.24, 2.45) is 0 Å². The van der Waals surface area contributed by atoms with Gasteiger partial charge in [0.2, 0.25) is 0 Å². The van der Waals surface area contributed by atoms with Crippen molar-refractivity contribution >= 4 is 28.6 Å². The fourth-order valence-corrected chi connectivity index (χ4v) is 1.58.